The number of hydrogen-bond donors (Lipinski definition) is 2. The Hall–Kier alpha value is -3.26. The van der Waals surface area contributed by atoms with Crippen molar-refractivity contribution in [1.29, 1.82) is 0 Å². The van der Waals surface area contributed by atoms with E-state index >= 15 is 0 Å². The smallest absolute Gasteiger partial charge is 0.327 e. The maximum Gasteiger partial charge on any atom is 0.327 e. The standard InChI is InChI=1S/C25H28ClN5O3/c1-25(2,3)13-19(21-10-9-18(15-4-5-15)24(34)27-21)17-7-6-16(20(26)12-17)8-11-22-28-30-31(29-22)14-23(32)33/h6-7,9-10,12-13,15H,4-5,8,11,14H2,1-3H3,(H,27,34)(H,32,33)/b19-13+. The highest BCUT2D eigenvalue weighted by atomic mass is 35.5. The molecule has 2 aromatic heterocycles. The number of carbonyl (C=O) groups is 1. The minimum absolute atomic E-state index is 0.0222. The monoisotopic (exact) mass is 481 g/mol. The van der Waals surface area contributed by atoms with Gasteiger partial charge in [0.1, 0.15) is 0 Å². The van der Waals surface area contributed by atoms with Gasteiger partial charge in [-0.15, -0.1) is 10.2 Å². The lowest BCUT2D eigenvalue weighted by atomic mass is 9.89. The van der Waals surface area contributed by atoms with E-state index in [2.05, 4.69) is 47.2 Å². The van der Waals surface area contributed by atoms with E-state index in [1.807, 2.05) is 30.3 Å². The predicted molar refractivity (Wildman–Crippen MR) is 130 cm³/mol. The number of carboxylic acid groups (broad SMARTS) is 1. The highest BCUT2D eigenvalue weighted by Gasteiger charge is 2.26. The second-order valence-electron chi connectivity index (χ2n) is 9.79. The van der Waals surface area contributed by atoms with Crippen LogP contribution in [0.2, 0.25) is 5.02 Å². The van der Waals surface area contributed by atoms with Crippen LogP contribution in [0.4, 0.5) is 0 Å². The van der Waals surface area contributed by atoms with E-state index in [-0.39, 0.29) is 17.5 Å². The fraction of sp³-hybridized carbons (Fsp3) is 0.400. The maximum atomic E-state index is 12.7. The lowest BCUT2D eigenvalue weighted by Crippen LogP contribution is -2.14. The Balaban J connectivity index is 1.57. The Morgan fingerprint density at radius 3 is 2.62 bits per heavy atom. The summed E-state index contributed by atoms with van der Waals surface area (Å²) in [7, 11) is 0. The van der Waals surface area contributed by atoms with Crippen molar-refractivity contribution in [2.24, 2.45) is 5.41 Å². The quantitative estimate of drug-likeness (QED) is 0.497. The first kappa shape index (κ1) is 23.9. The number of hydrogen-bond acceptors (Lipinski definition) is 5. The normalized spacial score (nSPS) is 14.4. The average Bonchev–Trinajstić information content (AvgIpc) is 3.49. The Morgan fingerprint density at radius 2 is 2.00 bits per heavy atom. The van der Waals surface area contributed by atoms with E-state index in [9.17, 15) is 9.59 Å². The minimum atomic E-state index is -1.02. The Kier molecular flexibility index (Phi) is 6.70. The molecule has 0 saturated heterocycles. The van der Waals surface area contributed by atoms with Crippen LogP contribution in [0.25, 0.3) is 5.57 Å². The number of aliphatic carboxylic acids is 1. The Labute approximate surface area is 202 Å². The number of aromatic nitrogens is 5. The summed E-state index contributed by atoms with van der Waals surface area (Å²) in [5, 5.41) is 21.2. The summed E-state index contributed by atoms with van der Waals surface area (Å²) in [5.74, 6) is -0.171. The lowest BCUT2D eigenvalue weighted by molar-refractivity contribution is -0.138. The van der Waals surface area contributed by atoms with Gasteiger partial charge in [-0.25, -0.2) is 0 Å². The van der Waals surface area contributed by atoms with E-state index in [1.54, 1.807) is 0 Å². The maximum absolute atomic E-state index is 12.7. The highest BCUT2D eigenvalue weighted by Crippen LogP contribution is 2.38. The van der Waals surface area contributed by atoms with E-state index in [0.29, 0.717) is 29.6 Å². The molecule has 1 aromatic carbocycles. The molecular formula is C25H28ClN5O3. The molecule has 4 rings (SSSR count). The fourth-order valence-electron chi connectivity index (χ4n) is 3.84. The van der Waals surface area contributed by atoms with Crippen molar-refractivity contribution in [2.45, 2.75) is 58.9 Å². The van der Waals surface area contributed by atoms with Crippen molar-refractivity contribution in [3.63, 3.8) is 0 Å². The molecule has 0 amide bonds. The molecule has 0 bridgehead atoms. The third kappa shape index (κ3) is 5.99. The first-order chi connectivity index (χ1) is 16.1. The number of tetrazole rings is 1. The van der Waals surface area contributed by atoms with Crippen LogP contribution in [0.15, 0.2) is 41.2 Å². The molecule has 9 heteroatoms. The largest absolute Gasteiger partial charge is 0.480 e. The van der Waals surface area contributed by atoms with Crippen LogP contribution < -0.4 is 5.56 Å². The van der Waals surface area contributed by atoms with Crippen molar-refractivity contribution >= 4 is 23.1 Å². The van der Waals surface area contributed by atoms with E-state index < -0.39 is 5.97 Å². The molecule has 178 valence electrons. The zero-order valence-electron chi connectivity index (χ0n) is 19.5. The van der Waals surface area contributed by atoms with E-state index in [4.69, 9.17) is 16.7 Å². The van der Waals surface area contributed by atoms with Gasteiger partial charge in [-0.05, 0) is 59.1 Å². The van der Waals surface area contributed by atoms with E-state index in [0.717, 1.165) is 45.6 Å². The third-order valence-corrected chi connectivity index (χ3v) is 5.93. The van der Waals surface area contributed by atoms with Crippen LogP contribution in [0.3, 0.4) is 0 Å². The number of rotatable bonds is 8. The van der Waals surface area contributed by atoms with Gasteiger partial charge >= 0.3 is 5.97 Å². The van der Waals surface area contributed by atoms with Gasteiger partial charge in [0, 0.05) is 28.3 Å². The molecule has 8 nitrogen and oxygen atoms in total. The number of aromatic amines is 1. The number of benzene rings is 1. The lowest BCUT2D eigenvalue weighted by Gasteiger charge is -2.18. The molecule has 3 aromatic rings. The SMILES string of the molecule is CC(C)(C)/C=C(\c1ccc(CCc2nnn(CC(=O)O)n2)c(Cl)c1)c1ccc(C2CC2)c(=O)[nH]1. The predicted octanol–water partition coefficient (Wildman–Crippen LogP) is 4.24. The fourth-order valence-corrected chi connectivity index (χ4v) is 4.11. The molecule has 2 heterocycles. The second-order valence-corrected chi connectivity index (χ2v) is 10.2. The summed E-state index contributed by atoms with van der Waals surface area (Å²) >= 11 is 6.64. The molecule has 2 N–H and O–H groups in total. The van der Waals surface area contributed by atoms with Crippen molar-refractivity contribution in [3.8, 4) is 0 Å². The molecule has 0 unspecified atom stereocenters. The summed E-state index contributed by atoms with van der Waals surface area (Å²) in [6.07, 6.45) is 5.37. The van der Waals surface area contributed by atoms with Gasteiger partial charge in [0.25, 0.3) is 5.56 Å². The molecule has 0 atom stereocenters. The number of nitrogens with one attached hydrogen (secondary N) is 1. The van der Waals surface area contributed by atoms with Crippen molar-refractivity contribution in [3.05, 3.63) is 80.0 Å². The molecule has 1 fully saturated rings. The van der Waals surface area contributed by atoms with Gasteiger partial charge in [-0.2, -0.15) is 4.80 Å². The highest BCUT2D eigenvalue weighted by molar-refractivity contribution is 6.31. The van der Waals surface area contributed by atoms with Gasteiger partial charge in [0.15, 0.2) is 12.4 Å². The van der Waals surface area contributed by atoms with Crippen molar-refractivity contribution in [1.82, 2.24) is 25.2 Å². The van der Waals surface area contributed by atoms with Gasteiger partial charge in [0.2, 0.25) is 0 Å². The number of allylic oxidation sites excluding steroid dienone is 1. The third-order valence-electron chi connectivity index (χ3n) is 5.58. The number of nitrogens with zero attached hydrogens (tertiary/aromatic N) is 4. The van der Waals surface area contributed by atoms with Crippen LogP contribution >= 0.6 is 11.6 Å². The number of halogens is 1. The summed E-state index contributed by atoms with van der Waals surface area (Å²) in [4.78, 5) is 27.6. The molecular weight excluding hydrogens is 454 g/mol. The number of pyridine rings is 1. The first-order valence-corrected chi connectivity index (χ1v) is 11.7. The summed E-state index contributed by atoms with van der Waals surface area (Å²) in [5.41, 5.74) is 4.27. The van der Waals surface area contributed by atoms with Crippen LogP contribution in [-0.4, -0.2) is 36.3 Å². The second kappa shape index (κ2) is 9.54. The van der Waals surface area contributed by atoms with Crippen LogP contribution in [0.1, 0.15) is 67.7 Å². The van der Waals surface area contributed by atoms with E-state index in [1.165, 1.54) is 0 Å². The van der Waals surface area contributed by atoms with Gasteiger partial charge in [-0.1, -0.05) is 56.6 Å². The summed E-state index contributed by atoms with van der Waals surface area (Å²) in [6, 6.07) is 9.81. The number of aryl methyl sites for hydroxylation is 2. The molecule has 0 spiro atoms. The first-order valence-electron chi connectivity index (χ1n) is 11.3. The minimum Gasteiger partial charge on any atom is -0.480 e. The van der Waals surface area contributed by atoms with Crippen LogP contribution in [0, 0.1) is 5.41 Å². The van der Waals surface area contributed by atoms with Crippen molar-refractivity contribution < 1.29 is 9.90 Å². The average molecular weight is 482 g/mol. The van der Waals surface area contributed by atoms with Gasteiger partial charge in [-0.3, -0.25) is 9.59 Å². The Morgan fingerprint density at radius 1 is 1.24 bits per heavy atom. The topological polar surface area (TPSA) is 114 Å². The molecule has 1 saturated carbocycles. The number of H-pyrrole nitrogens is 1. The van der Waals surface area contributed by atoms with Crippen molar-refractivity contribution in [2.75, 3.05) is 0 Å². The zero-order valence-corrected chi connectivity index (χ0v) is 20.3. The van der Waals surface area contributed by atoms with Gasteiger partial charge < -0.3 is 10.1 Å². The summed E-state index contributed by atoms with van der Waals surface area (Å²) < 4.78 is 0. The molecule has 0 radical (unpaired) electrons. The molecule has 1 aliphatic rings. The van der Waals surface area contributed by atoms with Crippen LogP contribution in [0.5, 0.6) is 0 Å². The van der Waals surface area contributed by atoms with Crippen LogP contribution in [-0.2, 0) is 24.2 Å². The summed E-state index contributed by atoms with van der Waals surface area (Å²) in [6.45, 7) is 6.02. The zero-order chi connectivity index (χ0) is 24.5. The Bertz CT molecular complexity index is 1300. The van der Waals surface area contributed by atoms with Gasteiger partial charge in [0.05, 0.1) is 0 Å². The molecule has 34 heavy (non-hydrogen) atoms. The molecule has 1 aliphatic carbocycles. The number of carboxylic acids is 1. The molecule has 0 aliphatic heterocycles.